The Kier molecular flexibility index (Phi) is 5.45. The molecule has 160 valence electrons. The second kappa shape index (κ2) is 8.07. The molecule has 0 radical (unpaired) electrons. The molecule has 1 aliphatic rings. The van der Waals surface area contributed by atoms with E-state index in [9.17, 15) is 13.2 Å². The van der Waals surface area contributed by atoms with Crippen molar-refractivity contribution in [2.45, 2.75) is 24.3 Å². The molecule has 1 aliphatic heterocycles. The molecular weight excluding hydrogens is 412 g/mol. The lowest BCUT2D eigenvalue weighted by Crippen LogP contribution is -2.36. The molecule has 3 aromatic rings. The smallest absolute Gasteiger partial charge is 0.264 e. The van der Waals surface area contributed by atoms with Crippen molar-refractivity contribution in [2.24, 2.45) is 0 Å². The third kappa shape index (κ3) is 3.77. The number of nitrogens with zero attached hydrogens (tertiary/aromatic N) is 2. The van der Waals surface area contributed by atoms with Crippen LogP contribution in [0.25, 0.3) is 0 Å². The van der Waals surface area contributed by atoms with Crippen LogP contribution < -0.4 is 13.9 Å². The number of methoxy groups -OCH3 is 1. The normalized spacial score (nSPS) is 15.5. The highest BCUT2D eigenvalue weighted by Gasteiger charge is 2.31. The van der Waals surface area contributed by atoms with Crippen LogP contribution in [0.2, 0.25) is 0 Å². The minimum absolute atomic E-state index is 0.0364. The zero-order valence-corrected chi connectivity index (χ0v) is 18.5. The van der Waals surface area contributed by atoms with Crippen LogP contribution in [0.4, 0.5) is 11.4 Å². The molecule has 1 amide bonds. The summed E-state index contributed by atoms with van der Waals surface area (Å²) in [6, 6.07) is 20.8. The Hall–Kier alpha value is -3.32. The van der Waals surface area contributed by atoms with Gasteiger partial charge in [0.2, 0.25) is 0 Å². The molecule has 0 spiro atoms. The number of anilines is 2. The Labute approximate surface area is 182 Å². The highest BCUT2D eigenvalue weighted by atomic mass is 32.2. The molecule has 1 atom stereocenters. The van der Waals surface area contributed by atoms with Crippen LogP contribution in [0.1, 0.15) is 22.8 Å². The van der Waals surface area contributed by atoms with Gasteiger partial charge in [-0.05, 0) is 67.4 Å². The van der Waals surface area contributed by atoms with E-state index in [0.29, 0.717) is 17.0 Å². The lowest BCUT2D eigenvalue weighted by Gasteiger charge is -2.24. The summed E-state index contributed by atoms with van der Waals surface area (Å²) in [6.45, 7) is 2.02. The van der Waals surface area contributed by atoms with E-state index < -0.39 is 10.0 Å². The Bertz CT molecular complexity index is 1220. The third-order valence-corrected chi connectivity index (χ3v) is 7.40. The van der Waals surface area contributed by atoms with Gasteiger partial charge in [0.1, 0.15) is 5.75 Å². The van der Waals surface area contributed by atoms with Crippen LogP contribution in [0, 0.1) is 0 Å². The minimum Gasteiger partial charge on any atom is -0.497 e. The SMILES string of the molecule is COc1ccc(S(=O)(=O)N(C)c2cccc(C(=O)N3c4ccccc4CC3C)c2)cc1. The van der Waals surface area contributed by atoms with E-state index in [-0.39, 0.29) is 16.8 Å². The van der Waals surface area contributed by atoms with Gasteiger partial charge in [0.05, 0.1) is 17.7 Å². The van der Waals surface area contributed by atoms with Crippen LogP contribution in [0.15, 0.2) is 77.7 Å². The van der Waals surface area contributed by atoms with Gasteiger partial charge in [-0.3, -0.25) is 9.10 Å². The summed E-state index contributed by atoms with van der Waals surface area (Å²) in [5.41, 5.74) is 2.91. The van der Waals surface area contributed by atoms with Crippen LogP contribution in [0.5, 0.6) is 5.75 Å². The summed E-state index contributed by atoms with van der Waals surface area (Å²) in [7, 11) is -0.776. The second-order valence-corrected chi connectivity index (χ2v) is 9.52. The molecule has 0 bridgehead atoms. The highest BCUT2D eigenvalue weighted by Crippen LogP contribution is 2.33. The number of sulfonamides is 1. The number of rotatable bonds is 5. The number of benzene rings is 3. The van der Waals surface area contributed by atoms with Crippen molar-refractivity contribution in [1.82, 2.24) is 0 Å². The van der Waals surface area contributed by atoms with Crippen LogP contribution in [-0.4, -0.2) is 34.5 Å². The Morgan fingerprint density at radius 1 is 1.03 bits per heavy atom. The maximum atomic E-state index is 13.3. The average molecular weight is 437 g/mol. The number of amides is 1. The second-order valence-electron chi connectivity index (χ2n) is 7.56. The lowest BCUT2D eigenvalue weighted by molar-refractivity contribution is 0.0981. The molecule has 31 heavy (non-hydrogen) atoms. The van der Waals surface area contributed by atoms with Crippen molar-refractivity contribution in [3.63, 3.8) is 0 Å². The minimum atomic E-state index is -3.79. The summed E-state index contributed by atoms with van der Waals surface area (Å²) >= 11 is 0. The van der Waals surface area contributed by atoms with E-state index in [1.54, 1.807) is 41.3 Å². The van der Waals surface area contributed by atoms with Gasteiger partial charge in [-0.15, -0.1) is 0 Å². The van der Waals surface area contributed by atoms with Gasteiger partial charge in [-0.25, -0.2) is 8.42 Å². The maximum Gasteiger partial charge on any atom is 0.264 e. The number of hydrogen-bond donors (Lipinski definition) is 0. The number of ether oxygens (including phenoxy) is 1. The van der Waals surface area contributed by atoms with Crippen molar-refractivity contribution in [3.05, 3.63) is 83.9 Å². The molecule has 0 aliphatic carbocycles. The van der Waals surface area contributed by atoms with Crippen molar-refractivity contribution >= 4 is 27.3 Å². The molecule has 7 heteroatoms. The van der Waals surface area contributed by atoms with E-state index in [1.807, 2.05) is 31.2 Å². The first-order valence-corrected chi connectivity index (χ1v) is 11.4. The molecule has 6 nitrogen and oxygen atoms in total. The van der Waals surface area contributed by atoms with Crippen molar-refractivity contribution in [3.8, 4) is 5.75 Å². The molecular formula is C24H24N2O4S. The largest absolute Gasteiger partial charge is 0.497 e. The highest BCUT2D eigenvalue weighted by molar-refractivity contribution is 7.92. The molecule has 0 saturated carbocycles. The predicted molar refractivity (Wildman–Crippen MR) is 121 cm³/mol. The first kappa shape index (κ1) is 20.9. The fourth-order valence-electron chi connectivity index (χ4n) is 3.89. The molecule has 0 aromatic heterocycles. The quantitative estimate of drug-likeness (QED) is 0.604. The number of carbonyl (C=O) groups is 1. The van der Waals surface area contributed by atoms with Gasteiger partial charge in [0.15, 0.2) is 0 Å². The summed E-state index contributed by atoms with van der Waals surface area (Å²) in [4.78, 5) is 15.3. The van der Waals surface area contributed by atoms with Gasteiger partial charge >= 0.3 is 0 Å². The Morgan fingerprint density at radius 2 is 1.74 bits per heavy atom. The van der Waals surface area contributed by atoms with E-state index in [1.165, 1.54) is 30.6 Å². The number of carbonyl (C=O) groups excluding carboxylic acids is 1. The van der Waals surface area contributed by atoms with Crippen molar-refractivity contribution in [1.29, 1.82) is 0 Å². The van der Waals surface area contributed by atoms with Crippen LogP contribution in [-0.2, 0) is 16.4 Å². The molecule has 1 heterocycles. The van der Waals surface area contributed by atoms with Gasteiger partial charge < -0.3 is 9.64 Å². The summed E-state index contributed by atoms with van der Waals surface area (Å²) < 4.78 is 32.4. The number of fused-ring (bicyclic) bond motifs is 1. The molecule has 0 saturated heterocycles. The first-order valence-electron chi connectivity index (χ1n) is 9.97. The van der Waals surface area contributed by atoms with Gasteiger partial charge in [0, 0.05) is 24.3 Å². The summed E-state index contributed by atoms with van der Waals surface area (Å²) in [6.07, 6.45) is 0.799. The fourth-order valence-corrected chi connectivity index (χ4v) is 5.08. The molecule has 1 unspecified atom stereocenters. The van der Waals surface area contributed by atoms with E-state index in [2.05, 4.69) is 0 Å². The molecule has 4 rings (SSSR count). The fraction of sp³-hybridized carbons (Fsp3) is 0.208. The van der Waals surface area contributed by atoms with E-state index >= 15 is 0 Å². The summed E-state index contributed by atoms with van der Waals surface area (Å²) in [5, 5.41) is 0. The van der Waals surface area contributed by atoms with Crippen LogP contribution >= 0.6 is 0 Å². The summed E-state index contributed by atoms with van der Waals surface area (Å²) in [5.74, 6) is 0.434. The Balaban J connectivity index is 1.64. The monoisotopic (exact) mass is 436 g/mol. The van der Waals surface area contributed by atoms with E-state index in [4.69, 9.17) is 4.74 Å². The van der Waals surface area contributed by atoms with Gasteiger partial charge in [-0.1, -0.05) is 24.3 Å². The zero-order valence-electron chi connectivity index (χ0n) is 17.6. The molecule has 0 N–H and O–H groups in total. The van der Waals surface area contributed by atoms with Gasteiger partial charge in [0.25, 0.3) is 15.9 Å². The van der Waals surface area contributed by atoms with Gasteiger partial charge in [-0.2, -0.15) is 0 Å². The maximum absolute atomic E-state index is 13.3. The molecule has 0 fully saturated rings. The molecule has 3 aromatic carbocycles. The average Bonchev–Trinajstić information content (AvgIpc) is 3.13. The zero-order chi connectivity index (χ0) is 22.2. The van der Waals surface area contributed by atoms with Crippen LogP contribution in [0.3, 0.4) is 0 Å². The Morgan fingerprint density at radius 3 is 2.45 bits per heavy atom. The van der Waals surface area contributed by atoms with Crippen molar-refractivity contribution in [2.75, 3.05) is 23.4 Å². The standard InChI is InChI=1S/C24H24N2O4S/c1-17-15-18-7-4-5-10-23(18)26(17)24(27)19-8-6-9-20(16-19)25(2)31(28,29)22-13-11-21(30-3)12-14-22/h4-14,16-17H,15H2,1-3H3. The third-order valence-electron chi connectivity index (χ3n) is 5.60. The first-order chi connectivity index (χ1) is 14.8. The number of para-hydroxylation sites is 1. The van der Waals surface area contributed by atoms with E-state index in [0.717, 1.165) is 17.7 Å². The van der Waals surface area contributed by atoms with Crippen molar-refractivity contribution < 1.29 is 17.9 Å². The predicted octanol–water partition coefficient (Wildman–Crippen LogP) is 4.11. The lowest BCUT2D eigenvalue weighted by atomic mass is 10.1. The number of hydrogen-bond acceptors (Lipinski definition) is 4. The topological polar surface area (TPSA) is 66.9 Å².